The normalized spacial score (nSPS) is 12.3. The maximum Gasteiger partial charge on any atom is 0.577 e. The molecule has 0 amide bonds. The van der Waals surface area contributed by atoms with Gasteiger partial charge < -0.3 is 0 Å². The lowest BCUT2D eigenvalue weighted by Crippen LogP contribution is -2.26. The van der Waals surface area contributed by atoms with Gasteiger partial charge in [-0.25, -0.2) is 9.78 Å². The fourth-order valence-electron chi connectivity index (χ4n) is 0.406. The summed E-state index contributed by atoms with van der Waals surface area (Å²) in [6.45, 7) is 10.9. The first-order chi connectivity index (χ1) is 8.22. The van der Waals surface area contributed by atoms with E-state index in [1.165, 1.54) is 0 Å². The number of hydrogen-bond acceptors (Lipinski definition) is 7. The van der Waals surface area contributed by atoms with Crippen molar-refractivity contribution in [2.24, 2.45) is 0 Å². The van der Waals surface area contributed by atoms with Crippen molar-refractivity contribution in [3.05, 3.63) is 0 Å². The molecule has 0 saturated heterocycles. The van der Waals surface area contributed by atoms with Gasteiger partial charge in [0.25, 0.3) is 0 Å². The molecule has 0 aliphatic heterocycles. The first kappa shape index (κ1) is 17.1. The fraction of sp³-hybridized carbons (Fsp3) is 0.909. The van der Waals surface area contributed by atoms with Gasteiger partial charge in [-0.1, -0.05) is 13.8 Å². The fourth-order valence-corrected chi connectivity index (χ4v) is 0.406. The zero-order valence-corrected chi connectivity index (χ0v) is 11.8. The summed E-state index contributed by atoms with van der Waals surface area (Å²) < 4.78 is 0. The first-order valence-corrected chi connectivity index (χ1v) is 5.81. The van der Waals surface area contributed by atoms with Crippen LogP contribution < -0.4 is 0 Å². The van der Waals surface area contributed by atoms with Crippen LogP contribution in [0.25, 0.3) is 0 Å². The van der Waals surface area contributed by atoms with Gasteiger partial charge in [0.15, 0.2) is 0 Å². The third kappa shape index (κ3) is 8.24. The van der Waals surface area contributed by atoms with E-state index in [0.717, 1.165) is 0 Å². The molecular weight excluding hydrogens is 244 g/mol. The Labute approximate surface area is 107 Å². The van der Waals surface area contributed by atoms with E-state index in [2.05, 4.69) is 19.9 Å². The van der Waals surface area contributed by atoms with E-state index in [1.807, 2.05) is 13.8 Å². The van der Waals surface area contributed by atoms with E-state index in [1.54, 1.807) is 27.7 Å². The summed E-state index contributed by atoms with van der Waals surface area (Å²) >= 11 is 0. The van der Waals surface area contributed by atoms with Crippen molar-refractivity contribution in [1.82, 2.24) is 0 Å². The number of carbonyl (C=O) groups excluding carboxylic acids is 1. The molecule has 0 aromatic heterocycles. The second kappa shape index (κ2) is 7.52. The average Bonchev–Trinajstić information content (AvgIpc) is 2.28. The molecule has 0 aliphatic rings. The van der Waals surface area contributed by atoms with Gasteiger partial charge in [0.1, 0.15) is 11.2 Å². The van der Waals surface area contributed by atoms with Crippen molar-refractivity contribution in [2.45, 2.75) is 65.6 Å². The molecule has 0 rings (SSSR count). The van der Waals surface area contributed by atoms with Gasteiger partial charge in [-0.05, 0) is 50.6 Å². The van der Waals surface area contributed by atoms with Gasteiger partial charge in [-0.15, -0.1) is 0 Å². The van der Waals surface area contributed by atoms with E-state index in [4.69, 9.17) is 9.78 Å². The van der Waals surface area contributed by atoms with Gasteiger partial charge in [0.05, 0.1) is 0 Å². The minimum absolute atomic E-state index is 0.568. The molecule has 0 aromatic rings. The molecule has 7 nitrogen and oxygen atoms in total. The minimum Gasteiger partial charge on any atom is -0.226 e. The van der Waals surface area contributed by atoms with Crippen LogP contribution in [0.2, 0.25) is 0 Å². The van der Waals surface area contributed by atoms with Crippen molar-refractivity contribution in [2.75, 3.05) is 0 Å². The van der Waals surface area contributed by atoms with E-state index in [-0.39, 0.29) is 0 Å². The molecule has 0 saturated carbocycles. The number of carbonyl (C=O) groups is 1. The Kier molecular flexibility index (Phi) is 7.15. The first-order valence-electron chi connectivity index (χ1n) is 5.81. The summed E-state index contributed by atoms with van der Waals surface area (Å²) in [5, 5.41) is 8.50. The molecule has 18 heavy (non-hydrogen) atoms. The molecule has 0 aliphatic carbocycles. The van der Waals surface area contributed by atoms with Crippen molar-refractivity contribution in [3.63, 3.8) is 0 Å². The van der Waals surface area contributed by atoms with Crippen LogP contribution in [-0.4, -0.2) is 17.4 Å². The monoisotopic (exact) mass is 266 g/mol. The Hall–Kier alpha value is -0.890. The van der Waals surface area contributed by atoms with Gasteiger partial charge >= 0.3 is 6.16 Å². The van der Waals surface area contributed by atoms with Crippen LogP contribution in [0.1, 0.15) is 54.4 Å². The molecule has 0 radical (unpaired) electrons. The largest absolute Gasteiger partial charge is 0.577 e. The van der Waals surface area contributed by atoms with Crippen LogP contribution in [-0.2, 0) is 29.6 Å². The Morgan fingerprint density at radius 3 is 1.44 bits per heavy atom. The van der Waals surface area contributed by atoms with E-state index < -0.39 is 17.4 Å². The van der Waals surface area contributed by atoms with Gasteiger partial charge in [0.2, 0.25) is 0 Å². The molecule has 0 atom stereocenters. The average molecular weight is 266 g/mol. The zero-order chi connectivity index (χ0) is 14.2. The van der Waals surface area contributed by atoms with Crippen LogP contribution in [0.15, 0.2) is 0 Å². The molecule has 0 N–H and O–H groups in total. The molecular formula is C11H22O7. The molecule has 0 spiro atoms. The quantitative estimate of drug-likeness (QED) is 0.493. The van der Waals surface area contributed by atoms with Gasteiger partial charge in [-0.3, -0.25) is 0 Å². The van der Waals surface area contributed by atoms with Crippen LogP contribution in [0.4, 0.5) is 4.79 Å². The molecule has 0 aromatic carbocycles. The smallest absolute Gasteiger partial charge is 0.226 e. The highest BCUT2D eigenvalue weighted by atomic mass is 17.6. The molecule has 0 fully saturated rings. The number of rotatable bonds is 8. The Morgan fingerprint density at radius 2 is 1.17 bits per heavy atom. The lowest BCUT2D eigenvalue weighted by atomic mass is 10.1. The second-order valence-corrected chi connectivity index (χ2v) is 4.95. The minimum atomic E-state index is -1.23. The third-order valence-corrected chi connectivity index (χ3v) is 2.43. The molecule has 0 heterocycles. The van der Waals surface area contributed by atoms with Gasteiger partial charge in [0, 0.05) is 0 Å². The summed E-state index contributed by atoms with van der Waals surface area (Å²) in [5.41, 5.74) is -1.14. The van der Waals surface area contributed by atoms with Crippen LogP contribution >= 0.6 is 0 Å². The number of hydrogen-bond donors (Lipinski definition) is 0. The summed E-state index contributed by atoms with van der Waals surface area (Å²) in [6, 6.07) is 0. The SMILES string of the molecule is CCC(C)(C)OOOC(=O)OOOC(C)(C)CC. The van der Waals surface area contributed by atoms with Crippen LogP contribution in [0, 0.1) is 0 Å². The lowest BCUT2D eigenvalue weighted by molar-refractivity contribution is -0.554. The van der Waals surface area contributed by atoms with Crippen molar-refractivity contribution < 1.29 is 34.4 Å². The van der Waals surface area contributed by atoms with E-state index in [9.17, 15) is 4.79 Å². The van der Waals surface area contributed by atoms with Crippen LogP contribution in [0.5, 0.6) is 0 Å². The molecule has 7 heteroatoms. The highest BCUT2D eigenvalue weighted by molar-refractivity contribution is 5.57. The van der Waals surface area contributed by atoms with Crippen molar-refractivity contribution >= 4 is 6.16 Å². The predicted octanol–water partition coefficient (Wildman–Crippen LogP) is 3.24. The molecule has 0 unspecified atom stereocenters. The summed E-state index contributed by atoms with van der Waals surface area (Å²) in [4.78, 5) is 28.8. The standard InChI is InChI=1S/C11H22O7/c1-7-10(3,4)15-17-13-9(12)14-18-16-11(5,6)8-2/h7-8H2,1-6H3. The maximum absolute atomic E-state index is 10.9. The Balaban J connectivity index is 3.67. The zero-order valence-electron chi connectivity index (χ0n) is 11.8. The van der Waals surface area contributed by atoms with Crippen LogP contribution in [0.3, 0.4) is 0 Å². The predicted molar refractivity (Wildman–Crippen MR) is 60.6 cm³/mol. The second-order valence-electron chi connectivity index (χ2n) is 4.95. The highest BCUT2D eigenvalue weighted by Crippen LogP contribution is 2.15. The maximum atomic E-state index is 10.9. The van der Waals surface area contributed by atoms with Crippen molar-refractivity contribution in [3.8, 4) is 0 Å². The lowest BCUT2D eigenvalue weighted by Gasteiger charge is -2.20. The Morgan fingerprint density at radius 1 is 0.833 bits per heavy atom. The van der Waals surface area contributed by atoms with Gasteiger partial charge in [-0.2, -0.15) is 14.6 Å². The highest BCUT2D eigenvalue weighted by Gasteiger charge is 2.21. The van der Waals surface area contributed by atoms with E-state index in [0.29, 0.717) is 12.8 Å². The summed E-state index contributed by atoms with van der Waals surface area (Å²) in [5.74, 6) is 0. The molecule has 0 bridgehead atoms. The Bertz CT molecular complexity index is 226. The van der Waals surface area contributed by atoms with E-state index >= 15 is 0 Å². The summed E-state index contributed by atoms with van der Waals surface area (Å²) in [6.07, 6.45) is 0.125. The van der Waals surface area contributed by atoms with Crippen molar-refractivity contribution in [1.29, 1.82) is 0 Å². The topological polar surface area (TPSA) is 72.5 Å². The summed E-state index contributed by atoms with van der Waals surface area (Å²) in [7, 11) is 0. The molecule has 108 valence electrons. The third-order valence-electron chi connectivity index (χ3n) is 2.43.